The maximum absolute atomic E-state index is 13.0. The van der Waals surface area contributed by atoms with Crippen LogP contribution in [0.3, 0.4) is 0 Å². The molecule has 1 amide bonds. The van der Waals surface area contributed by atoms with Gasteiger partial charge in [0.05, 0.1) is 5.41 Å². The van der Waals surface area contributed by atoms with Gasteiger partial charge < -0.3 is 15.2 Å². The first-order valence-corrected chi connectivity index (χ1v) is 9.76. The second-order valence-corrected chi connectivity index (χ2v) is 8.17. The summed E-state index contributed by atoms with van der Waals surface area (Å²) < 4.78 is 2.00. The Morgan fingerprint density at radius 2 is 2.20 bits per heavy atom. The number of nitrogens with one attached hydrogen (secondary N) is 2. The molecule has 2 fully saturated rings. The maximum atomic E-state index is 13.0. The average Bonchev–Trinajstić information content (AvgIpc) is 3.24. The van der Waals surface area contributed by atoms with Gasteiger partial charge in [0.15, 0.2) is 5.16 Å². The van der Waals surface area contributed by atoms with Gasteiger partial charge in [0.1, 0.15) is 0 Å². The summed E-state index contributed by atoms with van der Waals surface area (Å²) in [5.74, 6) is 0.672. The van der Waals surface area contributed by atoms with Gasteiger partial charge in [-0.25, -0.2) is 4.98 Å². The van der Waals surface area contributed by atoms with Gasteiger partial charge in [-0.05, 0) is 49.6 Å². The normalized spacial score (nSPS) is 25.6. The third-order valence-corrected chi connectivity index (χ3v) is 6.67. The molecule has 2 aromatic rings. The van der Waals surface area contributed by atoms with E-state index in [1.165, 1.54) is 12.8 Å². The van der Waals surface area contributed by atoms with Crippen molar-refractivity contribution in [2.24, 2.45) is 18.4 Å². The Balaban J connectivity index is 1.44. The van der Waals surface area contributed by atoms with Crippen LogP contribution in [0.4, 0.5) is 5.69 Å². The first-order valence-electron chi connectivity index (χ1n) is 8.95. The molecule has 0 bridgehead atoms. The molecule has 25 heavy (non-hydrogen) atoms. The van der Waals surface area contributed by atoms with Gasteiger partial charge in [-0.15, -0.1) is 0 Å². The van der Waals surface area contributed by atoms with Gasteiger partial charge in [0, 0.05) is 36.6 Å². The van der Waals surface area contributed by atoms with E-state index in [0.29, 0.717) is 5.92 Å². The highest BCUT2D eigenvalue weighted by Crippen LogP contribution is 2.44. The van der Waals surface area contributed by atoms with Crippen molar-refractivity contribution in [2.75, 3.05) is 18.4 Å². The van der Waals surface area contributed by atoms with Gasteiger partial charge in [0.25, 0.3) is 0 Å². The molecule has 4 rings (SSSR count). The molecule has 2 atom stereocenters. The first kappa shape index (κ1) is 16.7. The van der Waals surface area contributed by atoms with Crippen LogP contribution in [-0.2, 0) is 11.8 Å². The summed E-state index contributed by atoms with van der Waals surface area (Å²) in [7, 11) is 1.99. The largest absolute Gasteiger partial charge is 0.329 e. The van der Waals surface area contributed by atoms with E-state index < -0.39 is 0 Å². The lowest BCUT2D eigenvalue weighted by Crippen LogP contribution is -2.44. The highest BCUT2D eigenvalue weighted by molar-refractivity contribution is 7.99. The molecule has 0 spiro atoms. The predicted molar refractivity (Wildman–Crippen MR) is 99.7 cm³/mol. The Hall–Kier alpha value is -1.79. The van der Waals surface area contributed by atoms with Crippen molar-refractivity contribution in [1.82, 2.24) is 14.9 Å². The Labute approximate surface area is 152 Å². The fourth-order valence-electron chi connectivity index (χ4n) is 4.11. The average molecular weight is 356 g/mol. The minimum atomic E-state index is -0.210. The number of amides is 1. The van der Waals surface area contributed by atoms with E-state index >= 15 is 0 Å². The lowest BCUT2D eigenvalue weighted by molar-refractivity contribution is -0.128. The standard InChI is InChI=1S/C19H24N4OS/c1-23-11-10-21-18(23)25-16-7-5-15(6-8-16)22-17(24)19-9-3-2-4-14(19)12-20-13-19/h5-8,10-11,14,20H,2-4,9,12-13H2,1H3,(H,22,24)/t14-,19+/m0/s1. The van der Waals surface area contributed by atoms with Crippen LogP contribution in [0.2, 0.25) is 0 Å². The molecule has 0 radical (unpaired) electrons. The first-order chi connectivity index (χ1) is 12.2. The second-order valence-electron chi connectivity index (χ2n) is 7.13. The number of fused-ring (bicyclic) bond motifs is 1. The zero-order valence-corrected chi connectivity index (χ0v) is 15.3. The monoisotopic (exact) mass is 356 g/mol. The molecular weight excluding hydrogens is 332 g/mol. The number of rotatable bonds is 4. The van der Waals surface area contributed by atoms with Crippen molar-refractivity contribution in [3.05, 3.63) is 36.7 Å². The molecule has 1 aliphatic heterocycles. The van der Waals surface area contributed by atoms with Crippen molar-refractivity contribution < 1.29 is 4.79 Å². The molecule has 2 heterocycles. The summed E-state index contributed by atoms with van der Waals surface area (Å²) in [5.41, 5.74) is 0.665. The topological polar surface area (TPSA) is 59.0 Å². The van der Waals surface area contributed by atoms with Crippen LogP contribution in [0, 0.1) is 11.3 Å². The highest BCUT2D eigenvalue weighted by Gasteiger charge is 2.49. The van der Waals surface area contributed by atoms with Crippen LogP contribution >= 0.6 is 11.8 Å². The summed E-state index contributed by atoms with van der Waals surface area (Å²) in [6.45, 7) is 1.79. The predicted octanol–water partition coefficient (Wildman–Crippen LogP) is 3.29. The van der Waals surface area contributed by atoms with Gasteiger partial charge in [-0.3, -0.25) is 4.79 Å². The van der Waals surface area contributed by atoms with Crippen LogP contribution in [0.15, 0.2) is 46.7 Å². The van der Waals surface area contributed by atoms with E-state index in [4.69, 9.17) is 0 Å². The van der Waals surface area contributed by atoms with Crippen molar-refractivity contribution in [2.45, 2.75) is 35.7 Å². The van der Waals surface area contributed by atoms with Crippen molar-refractivity contribution in [3.63, 3.8) is 0 Å². The molecule has 5 nitrogen and oxygen atoms in total. The molecule has 1 aliphatic carbocycles. The minimum absolute atomic E-state index is 0.187. The minimum Gasteiger partial charge on any atom is -0.329 e. The Morgan fingerprint density at radius 1 is 1.36 bits per heavy atom. The van der Waals surface area contributed by atoms with E-state index in [1.54, 1.807) is 18.0 Å². The van der Waals surface area contributed by atoms with E-state index in [2.05, 4.69) is 15.6 Å². The fourth-order valence-corrected chi connectivity index (χ4v) is 4.91. The van der Waals surface area contributed by atoms with Crippen LogP contribution in [-0.4, -0.2) is 28.5 Å². The van der Waals surface area contributed by atoms with Crippen LogP contribution in [0.1, 0.15) is 25.7 Å². The third kappa shape index (κ3) is 3.20. The number of carbonyl (C=O) groups is 1. The van der Waals surface area contributed by atoms with E-state index in [1.807, 2.05) is 42.1 Å². The molecule has 0 unspecified atom stereocenters. The van der Waals surface area contributed by atoms with Gasteiger partial charge in [-0.2, -0.15) is 0 Å². The summed E-state index contributed by atoms with van der Waals surface area (Å²) >= 11 is 1.62. The van der Waals surface area contributed by atoms with Crippen LogP contribution in [0.5, 0.6) is 0 Å². The molecule has 1 saturated heterocycles. The number of nitrogens with zero attached hydrogens (tertiary/aromatic N) is 2. The van der Waals surface area contributed by atoms with E-state index in [0.717, 1.165) is 41.7 Å². The van der Waals surface area contributed by atoms with Gasteiger partial charge in [0.2, 0.25) is 5.91 Å². The molecule has 2 aliphatic rings. The quantitative estimate of drug-likeness (QED) is 0.883. The number of anilines is 1. The van der Waals surface area contributed by atoms with Crippen molar-refractivity contribution >= 4 is 23.4 Å². The van der Waals surface area contributed by atoms with E-state index in [9.17, 15) is 4.79 Å². The lowest BCUT2D eigenvalue weighted by Gasteiger charge is -2.37. The zero-order valence-electron chi connectivity index (χ0n) is 14.5. The highest BCUT2D eigenvalue weighted by atomic mass is 32.2. The number of carbonyl (C=O) groups excluding carboxylic acids is 1. The second kappa shape index (κ2) is 6.84. The molecule has 132 valence electrons. The number of aromatic nitrogens is 2. The third-order valence-electron chi connectivity index (χ3n) is 5.59. The Kier molecular flexibility index (Phi) is 4.56. The SMILES string of the molecule is Cn1ccnc1Sc1ccc(NC(=O)[C@@]23CCCC[C@H]2CNC3)cc1. The van der Waals surface area contributed by atoms with Crippen LogP contribution < -0.4 is 10.6 Å². The van der Waals surface area contributed by atoms with Gasteiger partial charge in [-0.1, -0.05) is 24.6 Å². The molecular formula is C19H24N4OS. The summed E-state index contributed by atoms with van der Waals surface area (Å²) in [6, 6.07) is 8.05. The number of hydrogen-bond donors (Lipinski definition) is 2. The fraction of sp³-hybridized carbons (Fsp3) is 0.474. The van der Waals surface area contributed by atoms with Crippen LogP contribution in [0.25, 0.3) is 0 Å². The van der Waals surface area contributed by atoms with E-state index in [-0.39, 0.29) is 11.3 Å². The summed E-state index contributed by atoms with van der Waals surface area (Å²) in [6.07, 6.45) is 8.31. The molecule has 1 saturated carbocycles. The number of imidazole rings is 1. The summed E-state index contributed by atoms with van der Waals surface area (Å²) in [5, 5.41) is 7.56. The summed E-state index contributed by atoms with van der Waals surface area (Å²) in [4.78, 5) is 18.4. The Morgan fingerprint density at radius 3 is 2.96 bits per heavy atom. The number of hydrogen-bond acceptors (Lipinski definition) is 4. The van der Waals surface area contributed by atoms with Crippen molar-refractivity contribution in [1.29, 1.82) is 0 Å². The number of aryl methyl sites for hydroxylation is 1. The lowest BCUT2D eigenvalue weighted by atomic mass is 9.67. The molecule has 6 heteroatoms. The zero-order chi connectivity index (χ0) is 17.3. The molecule has 1 aromatic heterocycles. The molecule has 2 N–H and O–H groups in total. The number of benzene rings is 1. The molecule has 1 aromatic carbocycles. The van der Waals surface area contributed by atoms with Gasteiger partial charge >= 0.3 is 0 Å². The maximum Gasteiger partial charge on any atom is 0.232 e. The van der Waals surface area contributed by atoms with Crippen molar-refractivity contribution in [3.8, 4) is 0 Å². The smallest absolute Gasteiger partial charge is 0.232 e. The Bertz CT molecular complexity index is 757.